The van der Waals surface area contributed by atoms with E-state index < -0.39 is 5.97 Å². The van der Waals surface area contributed by atoms with Crippen LogP contribution in [0.15, 0.2) is 27.5 Å². The van der Waals surface area contributed by atoms with Crippen LogP contribution in [0.5, 0.6) is 0 Å². The third-order valence-corrected chi connectivity index (χ3v) is 3.77. The molecule has 0 bridgehead atoms. The van der Waals surface area contributed by atoms with Crippen molar-refractivity contribution in [3.8, 4) is 0 Å². The van der Waals surface area contributed by atoms with Gasteiger partial charge in [0.25, 0.3) is 0 Å². The number of carboxylic acid groups (broad SMARTS) is 1. The fraction of sp³-hybridized carbons (Fsp3) is 0.200. The number of carbonyl (C=O) groups is 1. The maximum Gasteiger partial charge on any atom is 0.308 e. The van der Waals surface area contributed by atoms with E-state index in [4.69, 9.17) is 5.11 Å². The zero-order valence-corrected chi connectivity index (χ0v) is 10.5. The molecule has 0 spiro atoms. The van der Waals surface area contributed by atoms with Crippen LogP contribution in [0.3, 0.4) is 0 Å². The predicted molar refractivity (Wildman–Crippen MR) is 66.0 cm³/mol. The number of benzene rings is 1. The summed E-state index contributed by atoms with van der Waals surface area (Å²) < 4.78 is 3.18. The predicted octanol–water partition coefficient (Wildman–Crippen LogP) is 2.30. The van der Waals surface area contributed by atoms with E-state index >= 15 is 0 Å². The van der Waals surface area contributed by atoms with Crippen LogP contribution in [-0.2, 0) is 11.3 Å². The van der Waals surface area contributed by atoms with Crippen molar-refractivity contribution >= 4 is 43.5 Å². The van der Waals surface area contributed by atoms with Crippen molar-refractivity contribution in [3.05, 3.63) is 32.3 Å². The van der Waals surface area contributed by atoms with Crippen LogP contribution in [0.25, 0.3) is 10.2 Å². The van der Waals surface area contributed by atoms with E-state index in [2.05, 4.69) is 15.9 Å². The molecule has 0 aliphatic rings. The van der Waals surface area contributed by atoms with Gasteiger partial charge in [0.15, 0.2) is 0 Å². The molecule has 1 aromatic carbocycles. The highest BCUT2D eigenvalue weighted by Gasteiger charge is 2.10. The van der Waals surface area contributed by atoms with Gasteiger partial charge < -0.3 is 5.11 Å². The minimum Gasteiger partial charge on any atom is -0.481 e. The second kappa shape index (κ2) is 4.39. The van der Waals surface area contributed by atoms with Crippen molar-refractivity contribution in [2.75, 3.05) is 0 Å². The lowest BCUT2D eigenvalue weighted by molar-refractivity contribution is -0.137. The molecule has 0 unspecified atom stereocenters. The molecule has 16 heavy (non-hydrogen) atoms. The molecule has 6 heteroatoms. The lowest BCUT2D eigenvalue weighted by Gasteiger charge is -2.02. The fourth-order valence-electron chi connectivity index (χ4n) is 1.49. The molecule has 1 aromatic heterocycles. The van der Waals surface area contributed by atoms with Gasteiger partial charge in [-0.3, -0.25) is 14.2 Å². The van der Waals surface area contributed by atoms with Crippen molar-refractivity contribution in [1.82, 2.24) is 4.57 Å². The number of nitrogens with zero attached hydrogens (tertiary/aromatic N) is 1. The van der Waals surface area contributed by atoms with Crippen LogP contribution in [0.4, 0.5) is 0 Å². The van der Waals surface area contributed by atoms with Crippen molar-refractivity contribution < 1.29 is 9.90 Å². The average Bonchev–Trinajstić information content (AvgIpc) is 2.52. The molecule has 1 N–H and O–H groups in total. The number of hydrogen-bond donors (Lipinski definition) is 1. The number of hydrogen-bond acceptors (Lipinski definition) is 3. The first-order chi connectivity index (χ1) is 7.59. The highest BCUT2D eigenvalue weighted by molar-refractivity contribution is 9.10. The number of aliphatic carboxylic acids is 1. The van der Waals surface area contributed by atoms with Crippen molar-refractivity contribution in [2.24, 2.45) is 0 Å². The first kappa shape index (κ1) is 11.3. The minimum atomic E-state index is -0.904. The molecule has 2 aromatic rings. The summed E-state index contributed by atoms with van der Waals surface area (Å²) >= 11 is 4.50. The van der Waals surface area contributed by atoms with E-state index in [-0.39, 0.29) is 17.8 Å². The van der Waals surface area contributed by atoms with E-state index in [0.29, 0.717) is 0 Å². The molecule has 0 radical (unpaired) electrons. The zero-order valence-electron chi connectivity index (χ0n) is 8.14. The van der Waals surface area contributed by atoms with E-state index in [1.54, 1.807) is 0 Å². The summed E-state index contributed by atoms with van der Waals surface area (Å²) in [5.41, 5.74) is 0.777. The highest BCUT2D eigenvalue weighted by atomic mass is 79.9. The Labute approximate surface area is 103 Å². The molecule has 1 heterocycles. The molecule has 0 saturated carbocycles. The second-order valence-electron chi connectivity index (χ2n) is 3.25. The van der Waals surface area contributed by atoms with Crippen LogP contribution < -0.4 is 4.87 Å². The van der Waals surface area contributed by atoms with Gasteiger partial charge in [-0.05, 0) is 28.1 Å². The Bertz CT molecular complexity index is 602. The molecule has 0 fully saturated rings. The Morgan fingerprint density at radius 2 is 2.25 bits per heavy atom. The highest BCUT2D eigenvalue weighted by Crippen LogP contribution is 2.25. The largest absolute Gasteiger partial charge is 0.481 e. The number of halogens is 1. The van der Waals surface area contributed by atoms with Crippen LogP contribution in [-0.4, -0.2) is 15.6 Å². The molecule has 0 saturated heterocycles. The monoisotopic (exact) mass is 301 g/mol. The summed E-state index contributed by atoms with van der Waals surface area (Å²) in [6, 6.07) is 5.54. The third-order valence-electron chi connectivity index (χ3n) is 2.19. The zero-order chi connectivity index (χ0) is 11.7. The molecule has 0 atom stereocenters. The maximum absolute atomic E-state index is 11.7. The Balaban J connectivity index is 2.55. The third kappa shape index (κ3) is 2.03. The van der Waals surface area contributed by atoms with Gasteiger partial charge in [0.1, 0.15) is 0 Å². The van der Waals surface area contributed by atoms with E-state index in [0.717, 1.165) is 26.0 Å². The number of carboxylic acids is 1. The first-order valence-electron chi connectivity index (χ1n) is 4.59. The summed E-state index contributed by atoms with van der Waals surface area (Å²) in [5.74, 6) is -0.904. The normalized spacial score (nSPS) is 10.8. The molecule has 0 aliphatic heterocycles. The molecule has 0 aliphatic carbocycles. The number of aromatic nitrogens is 1. The van der Waals surface area contributed by atoms with Gasteiger partial charge in [0.2, 0.25) is 0 Å². The van der Waals surface area contributed by atoms with Crippen LogP contribution >= 0.6 is 27.3 Å². The van der Waals surface area contributed by atoms with Crippen molar-refractivity contribution in [3.63, 3.8) is 0 Å². The molecular formula is C10H8BrNO3S. The topological polar surface area (TPSA) is 59.3 Å². The molecule has 84 valence electrons. The average molecular weight is 302 g/mol. The number of rotatable bonds is 3. The lowest BCUT2D eigenvalue weighted by Crippen LogP contribution is -2.15. The quantitative estimate of drug-likeness (QED) is 0.946. The summed E-state index contributed by atoms with van der Waals surface area (Å²) in [5, 5.41) is 8.62. The second-order valence-corrected chi connectivity index (χ2v) is 5.10. The summed E-state index contributed by atoms with van der Waals surface area (Å²) in [6.45, 7) is 0.205. The summed E-state index contributed by atoms with van der Waals surface area (Å²) in [7, 11) is 0. The lowest BCUT2D eigenvalue weighted by atomic mass is 10.3. The van der Waals surface area contributed by atoms with Gasteiger partial charge in [-0.2, -0.15) is 0 Å². The van der Waals surface area contributed by atoms with Crippen molar-refractivity contribution in [1.29, 1.82) is 0 Å². The summed E-state index contributed by atoms with van der Waals surface area (Å²) in [6.07, 6.45) is -0.0485. The standard InChI is InChI=1S/C10H8BrNO3S/c11-6-2-1-3-7-9(6)12(10(15)16-7)5-4-8(13)14/h1-3H,4-5H2,(H,13,14). The van der Waals surface area contributed by atoms with Gasteiger partial charge in [-0.25, -0.2) is 0 Å². The molecular weight excluding hydrogens is 294 g/mol. The first-order valence-corrected chi connectivity index (χ1v) is 6.20. The molecule has 0 amide bonds. The van der Waals surface area contributed by atoms with Gasteiger partial charge in [-0.15, -0.1) is 0 Å². The van der Waals surface area contributed by atoms with E-state index in [9.17, 15) is 9.59 Å². The Kier molecular flexibility index (Phi) is 3.11. The van der Waals surface area contributed by atoms with E-state index in [1.807, 2.05) is 18.2 Å². The summed E-state index contributed by atoms with van der Waals surface area (Å²) in [4.78, 5) is 22.1. The molecule has 4 nitrogen and oxygen atoms in total. The number of fused-ring (bicyclic) bond motifs is 1. The SMILES string of the molecule is O=C(O)CCn1c(=O)sc2cccc(Br)c21. The Hall–Kier alpha value is -1.14. The number of aryl methyl sites for hydroxylation is 1. The van der Waals surface area contributed by atoms with Crippen LogP contribution in [0.1, 0.15) is 6.42 Å². The van der Waals surface area contributed by atoms with Crippen LogP contribution in [0.2, 0.25) is 0 Å². The van der Waals surface area contributed by atoms with Gasteiger partial charge >= 0.3 is 10.8 Å². The fourth-order valence-corrected chi connectivity index (χ4v) is 3.15. The Morgan fingerprint density at radius 3 is 2.94 bits per heavy atom. The number of para-hydroxylation sites is 1. The Morgan fingerprint density at radius 1 is 1.50 bits per heavy atom. The maximum atomic E-state index is 11.7. The van der Waals surface area contributed by atoms with E-state index in [1.165, 1.54) is 4.57 Å². The van der Waals surface area contributed by atoms with Gasteiger partial charge in [-0.1, -0.05) is 17.4 Å². The van der Waals surface area contributed by atoms with Crippen LogP contribution in [0, 0.1) is 0 Å². The molecule has 2 rings (SSSR count). The number of thiazole rings is 1. The minimum absolute atomic E-state index is 0.0485. The van der Waals surface area contributed by atoms with Gasteiger partial charge in [0, 0.05) is 11.0 Å². The van der Waals surface area contributed by atoms with Gasteiger partial charge in [0.05, 0.1) is 16.6 Å². The smallest absolute Gasteiger partial charge is 0.308 e. The van der Waals surface area contributed by atoms with Crippen molar-refractivity contribution in [2.45, 2.75) is 13.0 Å².